The summed E-state index contributed by atoms with van der Waals surface area (Å²) < 4.78 is 81.5. The molecule has 5 aromatic rings. The molecule has 0 saturated heterocycles. The molecule has 0 aliphatic carbocycles. The number of hydrogen-bond donors (Lipinski definition) is 0. The molecule has 9 heteroatoms. The number of benzene rings is 4. The number of halogens is 6. The van der Waals surface area contributed by atoms with Gasteiger partial charge in [-0.1, -0.05) is 78.9 Å². The van der Waals surface area contributed by atoms with Crippen LogP contribution >= 0.6 is 0 Å². The molecule has 4 aromatic carbocycles. The van der Waals surface area contributed by atoms with Gasteiger partial charge in [0.25, 0.3) is 0 Å². The third-order valence-corrected chi connectivity index (χ3v) is 6.14. The van der Waals surface area contributed by atoms with Gasteiger partial charge in [0.1, 0.15) is 0 Å². The first-order valence-electron chi connectivity index (χ1n) is 11.8. The number of hydrogen-bond acceptors (Lipinski definition) is 3. The average molecular weight is 535 g/mol. The van der Waals surface area contributed by atoms with Crippen molar-refractivity contribution in [1.82, 2.24) is 15.0 Å². The van der Waals surface area contributed by atoms with Crippen LogP contribution in [0.4, 0.5) is 26.3 Å². The quantitative estimate of drug-likeness (QED) is 0.216. The predicted molar refractivity (Wildman–Crippen MR) is 136 cm³/mol. The second-order valence-corrected chi connectivity index (χ2v) is 8.82. The molecule has 39 heavy (non-hydrogen) atoms. The maximum Gasteiger partial charge on any atom is 0.417 e. The molecular weight excluding hydrogens is 516 g/mol. The fourth-order valence-electron chi connectivity index (χ4n) is 4.18. The van der Waals surface area contributed by atoms with Gasteiger partial charge < -0.3 is 0 Å². The molecule has 5 rings (SSSR count). The van der Waals surface area contributed by atoms with Crippen LogP contribution in [0.15, 0.2) is 97.1 Å². The molecule has 0 N–H and O–H groups in total. The van der Waals surface area contributed by atoms with Gasteiger partial charge in [-0.2, -0.15) is 26.3 Å². The van der Waals surface area contributed by atoms with Crippen molar-refractivity contribution in [3.05, 3.63) is 114 Å². The number of nitrogens with zero attached hydrogens (tertiary/aromatic N) is 3. The molecule has 196 valence electrons. The average Bonchev–Trinajstić information content (AvgIpc) is 2.93. The lowest BCUT2D eigenvalue weighted by atomic mass is 9.92. The summed E-state index contributed by atoms with van der Waals surface area (Å²) in [6.45, 7) is 1.59. The van der Waals surface area contributed by atoms with E-state index in [0.29, 0.717) is 40.0 Å². The smallest absolute Gasteiger partial charge is 0.208 e. The van der Waals surface area contributed by atoms with Crippen LogP contribution in [0.25, 0.3) is 45.3 Å². The van der Waals surface area contributed by atoms with Crippen molar-refractivity contribution >= 4 is 0 Å². The second kappa shape index (κ2) is 9.98. The molecule has 0 bridgehead atoms. The molecule has 0 fully saturated rings. The Morgan fingerprint density at radius 2 is 1.00 bits per heavy atom. The van der Waals surface area contributed by atoms with Gasteiger partial charge in [-0.25, -0.2) is 15.0 Å². The van der Waals surface area contributed by atoms with Gasteiger partial charge in [0, 0.05) is 16.7 Å². The van der Waals surface area contributed by atoms with E-state index in [1.54, 1.807) is 19.1 Å². The fraction of sp³-hybridized carbons (Fsp3) is 0.100. The van der Waals surface area contributed by atoms with Crippen molar-refractivity contribution in [2.75, 3.05) is 0 Å². The summed E-state index contributed by atoms with van der Waals surface area (Å²) in [6.07, 6.45) is -9.92. The van der Waals surface area contributed by atoms with E-state index in [4.69, 9.17) is 0 Å². The zero-order chi connectivity index (χ0) is 27.8. The summed E-state index contributed by atoms with van der Waals surface area (Å²) >= 11 is 0. The van der Waals surface area contributed by atoms with Crippen LogP contribution in [0, 0.1) is 6.92 Å². The number of alkyl halides is 6. The summed E-state index contributed by atoms with van der Waals surface area (Å²) in [4.78, 5) is 13.8. The highest BCUT2D eigenvalue weighted by Crippen LogP contribution is 2.42. The highest BCUT2D eigenvalue weighted by atomic mass is 19.4. The highest BCUT2D eigenvalue weighted by molar-refractivity contribution is 5.77. The lowest BCUT2D eigenvalue weighted by Crippen LogP contribution is -2.12. The lowest BCUT2D eigenvalue weighted by molar-refractivity contribution is -0.142. The van der Waals surface area contributed by atoms with Crippen LogP contribution in [-0.4, -0.2) is 15.0 Å². The van der Waals surface area contributed by atoms with E-state index in [1.165, 1.54) is 6.07 Å². The third kappa shape index (κ3) is 5.52. The normalized spacial score (nSPS) is 12.0. The Balaban J connectivity index is 1.70. The van der Waals surface area contributed by atoms with Crippen molar-refractivity contribution in [3.63, 3.8) is 0 Å². The van der Waals surface area contributed by atoms with Gasteiger partial charge in [0.2, 0.25) is 0 Å². The Morgan fingerprint density at radius 1 is 0.487 bits per heavy atom. The highest BCUT2D eigenvalue weighted by Gasteiger charge is 2.38. The standard InChI is InChI=1S/C30H19F6N3/c1-18-12-13-21(16-24(18)23-15-14-22(29(31,32)33)17-25(23)30(34,35)36)28-38-26(19-8-4-2-5-9-19)37-27(39-28)20-10-6-3-7-11-20/h2-17H,1H3. The van der Waals surface area contributed by atoms with E-state index in [9.17, 15) is 26.3 Å². The summed E-state index contributed by atoms with van der Waals surface area (Å²) in [5, 5.41) is 0. The predicted octanol–water partition coefficient (Wildman–Crippen LogP) is 8.89. The van der Waals surface area contributed by atoms with Crippen molar-refractivity contribution < 1.29 is 26.3 Å². The summed E-state index contributed by atoms with van der Waals surface area (Å²) in [6, 6.07) is 24.7. The molecule has 0 aliphatic heterocycles. The number of aryl methyl sites for hydroxylation is 1. The Labute approximate surface area is 219 Å². The Kier molecular flexibility index (Phi) is 6.68. The third-order valence-electron chi connectivity index (χ3n) is 6.14. The van der Waals surface area contributed by atoms with Crippen LogP contribution in [0.3, 0.4) is 0 Å². The molecule has 0 aliphatic rings. The molecule has 1 aromatic heterocycles. The van der Waals surface area contributed by atoms with E-state index < -0.39 is 23.5 Å². The van der Waals surface area contributed by atoms with E-state index in [0.717, 1.165) is 6.07 Å². The van der Waals surface area contributed by atoms with E-state index in [-0.39, 0.29) is 23.0 Å². The monoisotopic (exact) mass is 535 g/mol. The van der Waals surface area contributed by atoms with Gasteiger partial charge in [-0.3, -0.25) is 0 Å². The fourth-order valence-corrected chi connectivity index (χ4v) is 4.18. The molecule has 1 heterocycles. The number of rotatable bonds is 4. The Morgan fingerprint density at radius 3 is 1.49 bits per heavy atom. The second-order valence-electron chi connectivity index (χ2n) is 8.82. The first kappa shape index (κ1) is 26.1. The van der Waals surface area contributed by atoms with Gasteiger partial charge in [-0.15, -0.1) is 0 Å². The maximum atomic E-state index is 13.9. The molecule has 0 unspecified atom stereocenters. The first-order valence-corrected chi connectivity index (χ1v) is 11.8. The summed E-state index contributed by atoms with van der Waals surface area (Å²) in [5.74, 6) is 0.948. The largest absolute Gasteiger partial charge is 0.417 e. The van der Waals surface area contributed by atoms with Crippen molar-refractivity contribution in [2.24, 2.45) is 0 Å². The van der Waals surface area contributed by atoms with Crippen molar-refractivity contribution in [1.29, 1.82) is 0 Å². The zero-order valence-corrected chi connectivity index (χ0v) is 20.3. The SMILES string of the molecule is Cc1ccc(-c2nc(-c3ccccc3)nc(-c3ccccc3)n2)cc1-c1ccc(C(F)(F)F)cc1C(F)(F)F. The molecule has 0 amide bonds. The van der Waals surface area contributed by atoms with E-state index >= 15 is 0 Å². The van der Waals surface area contributed by atoms with E-state index in [1.807, 2.05) is 60.7 Å². The van der Waals surface area contributed by atoms with Gasteiger partial charge in [-0.05, 0) is 41.8 Å². The van der Waals surface area contributed by atoms with Crippen molar-refractivity contribution in [2.45, 2.75) is 19.3 Å². The molecule has 0 saturated carbocycles. The zero-order valence-electron chi connectivity index (χ0n) is 20.3. The van der Waals surface area contributed by atoms with Crippen LogP contribution in [0.5, 0.6) is 0 Å². The molecule has 0 spiro atoms. The number of aromatic nitrogens is 3. The van der Waals surface area contributed by atoms with Crippen LogP contribution in [0.2, 0.25) is 0 Å². The minimum Gasteiger partial charge on any atom is -0.208 e. The summed E-state index contributed by atoms with van der Waals surface area (Å²) in [5.41, 5.74) is -0.717. The van der Waals surface area contributed by atoms with Gasteiger partial charge >= 0.3 is 12.4 Å². The van der Waals surface area contributed by atoms with Crippen LogP contribution in [0.1, 0.15) is 16.7 Å². The maximum absolute atomic E-state index is 13.9. The van der Waals surface area contributed by atoms with Gasteiger partial charge in [0.05, 0.1) is 11.1 Å². The molecule has 3 nitrogen and oxygen atoms in total. The minimum absolute atomic E-state index is 0.122. The topological polar surface area (TPSA) is 38.7 Å². The van der Waals surface area contributed by atoms with Gasteiger partial charge in [0.15, 0.2) is 17.5 Å². The van der Waals surface area contributed by atoms with Crippen molar-refractivity contribution in [3.8, 4) is 45.3 Å². The lowest BCUT2D eigenvalue weighted by Gasteiger charge is -2.18. The first-order chi connectivity index (χ1) is 18.5. The Hall–Kier alpha value is -4.53. The molecule has 0 radical (unpaired) electrons. The van der Waals surface area contributed by atoms with Crippen LogP contribution < -0.4 is 0 Å². The Bertz CT molecular complexity index is 1570. The summed E-state index contributed by atoms with van der Waals surface area (Å²) in [7, 11) is 0. The minimum atomic E-state index is -5.01. The van der Waals surface area contributed by atoms with E-state index in [2.05, 4.69) is 15.0 Å². The molecule has 0 atom stereocenters. The van der Waals surface area contributed by atoms with Crippen LogP contribution in [-0.2, 0) is 12.4 Å². The molecular formula is C30H19F6N3.